The van der Waals surface area contributed by atoms with Crippen LogP contribution in [0.3, 0.4) is 0 Å². The van der Waals surface area contributed by atoms with Crippen LogP contribution in [-0.2, 0) is 16.6 Å². The summed E-state index contributed by atoms with van der Waals surface area (Å²) >= 11 is 0. The fourth-order valence-corrected chi connectivity index (χ4v) is 5.06. The Kier molecular flexibility index (Phi) is 11.8. The van der Waals surface area contributed by atoms with Gasteiger partial charge in [-0.2, -0.15) is 8.42 Å². The average molecular weight is 574 g/mol. The van der Waals surface area contributed by atoms with Gasteiger partial charge in [0.15, 0.2) is 11.7 Å². The molecule has 2 aromatic carbocycles. The number of rotatable bonds is 16. The number of ether oxygens (including phenoxy) is 1. The highest BCUT2D eigenvalue weighted by molar-refractivity contribution is 7.89. The summed E-state index contributed by atoms with van der Waals surface area (Å²) in [5.41, 5.74) is 1.49. The molecule has 1 aliphatic heterocycles. The largest absolute Gasteiger partial charge is 0.508 e. The van der Waals surface area contributed by atoms with E-state index >= 15 is 0 Å². The van der Waals surface area contributed by atoms with Crippen LogP contribution in [0, 0.1) is 0 Å². The van der Waals surface area contributed by atoms with Crippen molar-refractivity contribution in [2.45, 2.75) is 77.4 Å². The first kappa shape index (κ1) is 31.4. The van der Waals surface area contributed by atoms with E-state index in [0.717, 1.165) is 24.8 Å². The number of aromatic hydroxyl groups is 1. The fraction of sp³-hybridized carbons (Fsp3) is 0.517. The van der Waals surface area contributed by atoms with Crippen LogP contribution in [-0.4, -0.2) is 61.6 Å². The molecule has 2 aromatic rings. The second-order valence-electron chi connectivity index (χ2n) is 10.7. The van der Waals surface area contributed by atoms with Gasteiger partial charge in [-0.1, -0.05) is 51.2 Å². The van der Waals surface area contributed by atoms with Gasteiger partial charge in [-0.3, -0.25) is 4.99 Å². The van der Waals surface area contributed by atoms with Crippen molar-refractivity contribution in [3.8, 4) is 11.5 Å². The number of aliphatic hydroxyl groups is 1. The number of nitrogens with one attached hydrogen (secondary N) is 3. The number of amidine groups is 2. The molecule has 0 amide bonds. The van der Waals surface area contributed by atoms with E-state index in [9.17, 15) is 18.6 Å². The van der Waals surface area contributed by atoms with Crippen molar-refractivity contribution in [3.05, 3.63) is 54.1 Å². The normalized spacial score (nSPS) is 16.4. The van der Waals surface area contributed by atoms with Crippen molar-refractivity contribution in [1.82, 2.24) is 10.0 Å². The minimum absolute atomic E-state index is 0.132. The molecule has 220 valence electrons. The summed E-state index contributed by atoms with van der Waals surface area (Å²) in [4.78, 5) is 4.43. The Hall–Kier alpha value is -3.15. The molecule has 0 aromatic heterocycles. The lowest BCUT2D eigenvalue weighted by Gasteiger charge is -2.28. The van der Waals surface area contributed by atoms with Crippen LogP contribution in [0.4, 0.5) is 5.69 Å². The number of aliphatic imine (C=N–C) groups is 1. The van der Waals surface area contributed by atoms with Crippen LogP contribution in [0.15, 0.2) is 57.9 Å². The lowest BCUT2D eigenvalue weighted by molar-refractivity contribution is 0.0988. The van der Waals surface area contributed by atoms with Crippen molar-refractivity contribution in [1.29, 1.82) is 0 Å². The molecule has 0 spiro atoms. The number of hydrogen-bond acceptors (Lipinski definition) is 8. The summed E-state index contributed by atoms with van der Waals surface area (Å²) < 4.78 is 35.8. The van der Waals surface area contributed by atoms with Gasteiger partial charge in [-0.25, -0.2) is 4.72 Å². The van der Waals surface area contributed by atoms with Crippen LogP contribution in [0.2, 0.25) is 0 Å². The third kappa shape index (κ3) is 11.1. The predicted octanol–water partition coefficient (Wildman–Crippen LogP) is 4.16. The molecule has 3 rings (SSSR count). The van der Waals surface area contributed by atoms with E-state index in [1.165, 1.54) is 31.4 Å². The summed E-state index contributed by atoms with van der Waals surface area (Å²) in [6.07, 6.45) is 6.81. The maximum absolute atomic E-state index is 12.0. The van der Waals surface area contributed by atoms with E-state index in [4.69, 9.17) is 4.74 Å². The Bertz CT molecular complexity index is 1230. The van der Waals surface area contributed by atoms with Crippen LogP contribution in [0.5, 0.6) is 11.5 Å². The second-order valence-corrected chi connectivity index (χ2v) is 12.1. The molecule has 0 bridgehead atoms. The molecule has 0 fully saturated rings. The quantitative estimate of drug-likeness (QED) is 0.190. The molecule has 0 radical (unpaired) electrons. The monoisotopic (exact) mass is 573 g/mol. The molecule has 0 saturated carbocycles. The minimum Gasteiger partial charge on any atom is -0.508 e. The van der Waals surface area contributed by atoms with Crippen LogP contribution in [0.1, 0.15) is 64.9 Å². The average Bonchev–Trinajstić information content (AvgIpc) is 3.20. The lowest BCUT2D eigenvalue weighted by Crippen LogP contribution is -2.46. The zero-order valence-corrected chi connectivity index (χ0v) is 24.5. The van der Waals surface area contributed by atoms with Crippen LogP contribution < -0.4 is 20.1 Å². The molecular weight excluding hydrogens is 530 g/mol. The summed E-state index contributed by atoms with van der Waals surface area (Å²) in [5.74, 6) is 1.19. The summed E-state index contributed by atoms with van der Waals surface area (Å²) in [6, 6.07) is 14.1. The molecule has 40 heavy (non-hydrogen) atoms. The first-order chi connectivity index (χ1) is 19.0. The standard InChI is InChI=1S/C29H43N5O5S/c1-4-5-6-7-8-9-18-30-27-28(34-40(37,38)33-27)32-23-12-10-22(11-13-23)19-29(2,3)31-20-25(36)21-39-26-16-14-24(35)15-17-26/h10-17,25,31,35-36H,4-9,18-21H2,1-3H3,(H,30,33)(H,32,34)/t25-/m0/s1. The molecule has 0 saturated heterocycles. The number of β-amino-alcohol motifs (C(OH)–C–C–N with tert-alkyl or cyclic N) is 1. The number of phenolic OH excluding ortho intramolecular Hbond substituents is 1. The molecule has 1 heterocycles. The van der Waals surface area contributed by atoms with Gasteiger partial charge in [0.2, 0.25) is 0 Å². The highest BCUT2D eigenvalue weighted by atomic mass is 32.2. The Morgan fingerprint density at radius 3 is 2.40 bits per heavy atom. The number of hydrogen-bond donors (Lipinski definition) is 5. The van der Waals surface area contributed by atoms with Crippen LogP contribution in [0.25, 0.3) is 0 Å². The lowest BCUT2D eigenvalue weighted by atomic mass is 9.94. The van der Waals surface area contributed by atoms with Gasteiger partial charge >= 0.3 is 10.2 Å². The summed E-state index contributed by atoms with van der Waals surface area (Å²) in [7, 11) is -3.79. The third-order valence-corrected chi connectivity index (χ3v) is 7.28. The van der Waals surface area contributed by atoms with E-state index in [1.54, 1.807) is 12.1 Å². The SMILES string of the molecule is CCCCCCCCN=C1NS(=O)(=O)N=C1Nc1ccc(CC(C)(C)NC[C@H](O)COc2ccc(O)cc2)cc1. The molecule has 10 nitrogen and oxygen atoms in total. The van der Waals surface area contributed by atoms with Gasteiger partial charge in [0.05, 0.1) is 0 Å². The first-order valence-corrected chi connectivity index (χ1v) is 15.4. The zero-order valence-electron chi connectivity index (χ0n) is 23.7. The smallest absolute Gasteiger partial charge is 0.345 e. The Morgan fingerprint density at radius 1 is 1.02 bits per heavy atom. The maximum atomic E-state index is 12.0. The van der Waals surface area contributed by atoms with Gasteiger partial charge in [0.25, 0.3) is 0 Å². The van der Waals surface area contributed by atoms with Crippen LogP contribution >= 0.6 is 0 Å². The van der Waals surface area contributed by atoms with E-state index in [0.29, 0.717) is 30.9 Å². The molecule has 0 unspecified atom stereocenters. The maximum Gasteiger partial charge on any atom is 0.345 e. The van der Waals surface area contributed by atoms with Crippen molar-refractivity contribution < 1.29 is 23.4 Å². The number of phenols is 1. The van der Waals surface area contributed by atoms with Gasteiger partial charge in [-0.15, -0.1) is 4.40 Å². The minimum atomic E-state index is -3.79. The topological polar surface area (TPSA) is 145 Å². The van der Waals surface area contributed by atoms with Crippen molar-refractivity contribution in [2.75, 3.05) is 25.0 Å². The predicted molar refractivity (Wildman–Crippen MR) is 161 cm³/mol. The number of unbranched alkanes of at least 4 members (excludes halogenated alkanes) is 5. The van der Waals surface area contributed by atoms with Gasteiger partial charge < -0.3 is 25.6 Å². The number of benzene rings is 2. The first-order valence-electron chi connectivity index (χ1n) is 13.9. The third-order valence-electron chi connectivity index (χ3n) is 6.40. The van der Waals surface area contributed by atoms with Gasteiger partial charge in [0, 0.05) is 24.3 Å². The highest BCUT2D eigenvalue weighted by Crippen LogP contribution is 2.18. The van der Waals surface area contributed by atoms with Crippen molar-refractivity contribution in [2.24, 2.45) is 9.39 Å². The molecular formula is C29H43N5O5S. The number of nitrogens with zero attached hydrogens (tertiary/aromatic N) is 2. The number of aliphatic hydroxyl groups excluding tert-OH is 1. The second kappa shape index (κ2) is 15.0. The van der Waals surface area contributed by atoms with E-state index in [2.05, 4.69) is 45.5 Å². The van der Waals surface area contributed by atoms with Crippen molar-refractivity contribution in [3.63, 3.8) is 0 Å². The number of anilines is 1. The van der Waals surface area contributed by atoms with Crippen molar-refractivity contribution >= 4 is 27.6 Å². The highest BCUT2D eigenvalue weighted by Gasteiger charge is 2.26. The van der Waals surface area contributed by atoms with Gasteiger partial charge in [0.1, 0.15) is 24.2 Å². The molecule has 5 N–H and O–H groups in total. The van der Waals surface area contributed by atoms with E-state index in [-0.39, 0.29) is 29.6 Å². The molecule has 11 heteroatoms. The molecule has 1 aliphatic rings. The van der Waals surface area contributed by atoms with E-state index < -0.39 is 16.3 Å². The Labute approximate surface area is 238 Å². The molecule has 0 aliphatic carbocycles. The zero-order chi connectivity index (χ0) is 29.0. The van der Waals surface area contributed by atoms with E-state index in [1.807, 2.05) is 24.3 Å². The molecule has 1 atom stereocenters. The fourth-order valence-electron chi connectivity index (χ4n) is 4.23. The summed E-state index contributed by atoms with van der Waals surface area (Å²) in [6.45, 7) is 7.33. The Morgan fingerprint density at radius 2 is 1.70 bits per heavy atom. The summed E-state index contributed by atoms with van der Waals surface area (Å²) in [5, 5.41) is 26.1. The Balaban J connectivity index is 1.46. The van der Waals surface area contributed by atoms with Gasteiger partial charge in [-0.05, 0) is 68.7 Å².